The molecule has 4 nitrogen and oxygen atoms in total. The maximum atomic E-state index is 5.71. The first-order valence-electron chi connectivity index (χ1n) is 5.11. The molecule has 1 N–H and O–H groups in total. The van der Waals surface area contributed by atoms with Gasteiger partial charge < -0.3 is 14.6 Å². The summed E-state index contributed by atoms with van der Waals surface area (Å²) in [6.07, 6.45) is 1.87. The van der Waals surface area contributed by atoms with Gasteiger partial charge in [-0.15, -0.1) is 0 Å². The molecule has 0 radical (unpaired) electrons. The second kappa shape index (κ2) is 3.64. The van der Waals surface area contributed by atoms with E-state index in [1.54, 1.807) is 6.20 Å². The summed E-state index contributed by atoms with van der Waals surface area (Å²) in [5.74, 6) is 0. The van der Waals surface area contributed by atoms with Crippen molar-refractivity contribution in [3.05, 3.63) is 30.0 Å². The Balaban J connectivity index is 2.05. The third-order valence-electron chi connectivity index (χ3n) is 2.71. The number of ether oxygens (including phenoxy) is 1. The number of benzene rings is 1. The van der Waals surface area contributed by atoms with Crippen LogP contribution in [0.2, 0.25) is 0 Å². The van der Waals surface area contributed by atoms with Gasteiger partial charge in [0.2, 0.25) is 0 Å². The Hall–Kier alpha value is -1.39. The highest BCUT2D eigenvalue weighted by Crippen LogP contribution is 2.26. The first-order valence-corrected chi connectivity index (χ1v) is 5.11. The third-order valence-corrected chi connectivity index (χ3v) is 2.71. The van der Waals surface area contributed by atoms with Gasteiger partial charge >= 0.3 is 0 Å². The van der Waals surface area contributed by atoms with E-state index in [4.69, 9.17) is 9.26 Å². The van der Waals surface area contributed by atoms with E-state index in [0.29, 0.717) is 0 Å². The molecule has 0 saturated carbocycles. The molecule has 1 aliphatic heterocycles. The van der Waals surface area contributed by atoms with Gasteiger partial charge in [0.25, 0.3) is 0 Å². The van der Waals surface area contributed by atoms with Crippen LogP contribution in [-0.4, -0.2) is 24.9 Å². The van der Waals surface area contributed by atoms with Crippen LogP contribution in [0.1, 0.15) is 11.7 Å². The Morgan fingerprint density at radius 1 is 1.40 bits per heavy atom. The van der Waals surface area contributed by atoms with Crippen LogP contribution in [0.15, 0.2) is 28.9 Å². The van der Waals surface area contributed by atoms with Crippen LogP contribution in [0.25, 0.3) is 11.0 Å². The average molecular weight is 204 g/mol. The second-order valence-corrected chi connectivity index (χ2v) is 3.65. The first-order chi connectivity index (χ1) is 7.45. The standard InChI is InChI=1S/C11H12N2O2/c1-2-8(11-7-12-4-5-14-11)9-6-13-15-10(9)3-1/h1-3,6,11-12H,4-5,7H2. The fraction of sp³-hybridized carbons (Fsp3) is 0.364. The summed E-state index contributed by atoms with van der Waals surface area (Å²) in [6, 6.07) is 5.96. The first kappa shape index (κ1) is 8.88. The molecule has 1 saturated heterocycles. The molecule has 0 aliphatic carbocycles. The van der Waals surface area contributed by atoms with Crippen molar-refractivity contribution in [2.24, 2.45) is 0 Å². The molecule has 0 spiro atoms. The highest BCUT2D eigenvalue weighted by molar-refractivity contribution is 5.80. The molecule has 1 aromatic carbocycles. The van der Waals surface area contributed by atoms with Gasteiger partial charge in [0.05, 0.1) is 18.9 Å². The predicted molar refractivity (Wildman–Crippen MR) is 55.6 cm³/mol. The third kappa shape index (κ3) is 1.52. The molecule has 2 heterocycles. The Morgan fingerprint density at radius 3 is 3.27 bits per heavy atom. The summed E-state index contributed by atoms with van der Waals surface area (Å²) >= 11 is 0. The molecule has 3 rings (SSSR count). The molecular formula is C11H12N2O2. The van der Waals surface area contributed by atoms with Crippen molar-refractivity contribution in [1.29, 1.82) is 0 Å². The van der Waals surface area contributed by atoms with Crippen molar-refractivity contribution >= 4 is 11.0 Å². The van der Waals surface area contributed by atoms with E-state index in [1.165, 1.54) is 0 Å². The van der Waals surface area contributed by atoms with Gasteiger partial charge in [-0.1, -0.05) is 17.3 Å². The van der Waals surface area contributed by atoms with E-state index in [2.05, 4.69) is 16.5 Å². The molecule has 0 bridgehead atoms. The van der Waals surface area contributed by atoms with E-state index < -0.39 is 0 Å². The molecule has 1 aromatic heterocycles. The summed E-state index contributed by atoms with van der Waals surface area (Å²) < 4.78 is 10.8. The van der Waals surface area contributed by atoms with Gasteiger partial charge in [-0.25, -0.2) is 0 Å². The summed E-state index contributed by atoms with van der Waals surface area (Å²) in [5, 5.41) is 8.17. The molecule has 78 valence electrons. The maximum absolute atomic E-state index is 5.71. The molecule has 1 aliphatic rings. The molecule has 2 aromatic rings. The minimum atomic E-state index is 0.113. The highest BCUT2D eigenvalue weighted by Gasteiger charge is 2.18. The SMILES string of the molecule is c1cc(C2CNCCO2)c2cnoc2c1. The smallest absolute Gasteiger partial charge is 0.167 e. The van der Waals surface area contributed by atoms with Crippen molar-refractivity contribution in [1.82, 2.24) is 10.5 Å². The topological polar surface area (TPSA) is 47.3 Å². The van der Waals surface area contributed by atoms with Crippen molar-refractivity contribution in [2.45, 2.75) is 6.10 Å². The number of fused-ring (bicyclic) bond motifs is 1. The maximum Gasteiger partial charge on any atom is 0.167 e. The van der Waals surface area contributed by atoms with Crippen LogP contribution in [0.5, 0.6) is 0 Å². The van der Waals surface area contributed by atoms with Gasteiger partial charge in [0, 0.05) is 18.5 Å². The van der Waals surface area contributed by atoms with Gasteiger partial charge in [0.1, 0.15) is 0 Å². The zero-order valence-electron chi connectivity index (χ0n) is 8.27. The van der Waals surface area contributed by atoms with E-state index in [0.717, 1.165) is 36.2 Å². The minimum Gasteiger partial charge on any atom is -0.371 e. The summed E-state index contributed by atoms with van der Waals surface area (Å²) in [5.41, 5.74) is 1.97. The van der Waals surface area contributed by atoms with Crippen LogP contribution >= 0.6 is 0 Å². The van der Waals surface area contributed by atoms with Crippen LogP contribution in [0, 0.1) is 0 Å². The normalized spacial score (nSPS) is 22.0. The average Bonchev–Trinajstić information content (AvgIpc) is 2.78. The van der Waals surface area contributed by atoms with Gasteiger partial charge in [0.15, 0.2) is 5.58 Å². The molecule has 0 amide bonds. The quantitative estimate of drug-likeness (QED) is 0.764. The van der Waals surface area contributed by atoms with Gasteiger partial charge in [-0.05, 0) is 11.6 Å². The second-order valence-electron chi connectivity index (χ2n) is 3.65. The zero-order chi connectivity index (χ0) is 10.1. The highest BCUT2D eigenvalue weighted by atomic mass is 16.5. The Morgan fingerprint density at radius 2 is 2.40 bits per heavy atom. The van der Waals surface area contributed by atoms with E-state index in [-0.39, 0.29) is 6.10 Å². The largest absolute Gasteiger partial charge is 0.371 e. The summed E-state index contributed by atoms with van der Waals surface area (Å²) in [4.78, 5) is 0. The van der Waals surface area contributed by atoms with Gasteiger partial charge in [-0.3, -0.25) is 0 Å². The molecule has 1 fully saturated rings. The zero-order valence-corrected chi connectivity index (χ0v) is 8.27. The van der Waals surface area contributed by atoms with E-state index in [1.807, 2.05) is 12.1 Å². The lowest BCUT2D eigenvalue weighted by molar-refractivity contribution is 0.0286. The Bertz CT molecular complexity index is 460. The minimum absolute atomic E-state index is 0.113. The number of nitrogens with zero attached hydrogens (tertiary/aromatic N) is 1. The Labute approximate surface area is 87.2 Å². The number of aromatic nitrogens is 1. The number of hydrogen-bond acceptors (Lipinski definition) is 4. The van der Waals surface area contributed by atoms with Crippen molar-refractivity contribution < 1.29 is 9.26 Å². The fourth-order valence-electron chi connectivity index (χ4n) is 1.96. The molecular weight excluding hydrogens is 192 g/mol. The molecule has 1 unspecified atom stereocenters. The van der Waals surface area contributed by atoms with E-state index >= 15 is 0 Å². The molecule has 1 atom stereocenters. The number of rotatable bonds is 1. The summed E-state index contributed by atoms with van der Waals surface area (Å²) in [7, 11) is 0. The number of morpholine rings is 1. The number of hydrogen-bond donors (Lipinski definition) is 1. The summed E-state index contributed by atoms with van der Waals surface area (Å²) in [6.45, 7) is 2.53. The van der Waals surface area contributed by atoms with Crippen molar-refractivity contribution in [2.75, 3.05) is 19.7 Å². The molecule has 15 heavy (non-hydrogen) atoms. The number of nitrogens with one attached hydrogen (secondary N) is 1. The van der Waals surface area contributed by atoms with Gasteiger partial charge in [-0.2, -0.15) is 0 Å². The lowest BCUT2D eigenvalue weighted by Crippen LogP contribution is -2.33. The van der Waals surface area contributed by atoms with Crippen molar-refractivity contribution in [3.8, 4) is 0 Å². The van der Waals surface area contributed by atoms with Crippen LogP contribution in [-0.2, 0) is 4.74 Å². The van der Waals surface area contributed by atoms with Crippen molar-refractivity contribution in [3.63, 3.8) is 0 Å². The van der Waals surface area contributed by atoms with Crippen LogP contribution < -0.4 is 5.32 Å². The lowest BCUT2D eigenvalue weighted by atomic mass is 10.0. The fourth-order valence-corrected chi connectivity index (χ4v) is 1.96. The monoisotopic (exact) mass is 204 g/mol. The molecule has 4 heteroatoms. The lowest BCUT2D eigenvalue weighted by Gasteiger charge is -2.24. The van der Waals surface area contributed by atoms with E-state index in [9.17, 15) is 0 Å². The predicted octanol–water partition coefficient (Wildman–Crippen LogP) is 1.49. The van der Waals surface area contributed by atoms with Crippen LogP contribution in [0.4, 0.5) is 0 Å². The Kier molecular flexibility index (Phi) is 2.16. The van der Waals surface area contributed by atoms with Crippen LogP contribution in [0.3, 0.4) is 0 Å².